The lowest BCUT2D eigenvalue weighted by Gasteiger charge is -2.61. The lowest BCUT2D eigenvalue weighted by atomic mass is 9.45. The third-order valence-electron chi connectivity index (χ3n) is 13.4. The molecule has 2 saturated heterocycles. The van der Waals surface area contributed by atoms with Crippen LogP contribution in [0.4, 0.5) is 0 Å². The second kappa shape index (κ2) is 10.7. The number of halogens is 1. The molecule has 9 atom stereocenters. The van der Waals surface area contributed by atoms with Crippen LogP contribution in [0.25, 0.3) is 0 Å². The van der Waals surface area contributed by atoms with Crippen molar-refractivity contribution in [3.8, 4) is 0 Å². The van der Waals surface area contributed by atoms with Crippen LogP contribution in [-0.4, -0.2) is 66.8 Å². The fraction of sp³-hybridized carbons (Fsp3) is 0.969. The van der Waals surface area contributed by atoms with E-state index in [1.54, 1.807) is 6.92 Å². The summed E-state index contributed by atoms with van der Waals surface area (Å²) in [5.74, 6) is 3.34. The van der Waals surface area contributed by atoms with Crippen molar-refractivity contribution in [2.75, 3.05) is 33.2 Å². The number of nitrogens with zero attached hydrogens (tertiary/aromatic N) is 2. The van der Waals surface area contributed by atoms with Crippen molar-refractivity contribution in [2.24, 2.45) is 34.5 Å². The second-order valence-corrected chi connectivity index (χ2v) is 15.1. The first kappa shape index (κ1) is 28.4. The second-order valence-electron chi connectivity index (χ2n) is 15.1. The predicted molar refractivity (Wildman–Crippen MR) is 145 cm³/mol. The van der Waals surface area contributed by atoms with Gasteiger partial charge >= 0.3 is 5.97 Å². The third kappa shape index (κ3) is 4.77. The van der Waals surface area contributed by atoms with E-state index in [2.05, 4.69) is 25.8 Å². The summed E-state index contributed by atoms with van der Waals surface area (Å²) in [6, 6.07) is 1.34. The molecule has 9 unspecified atom stereocenters. The first-order valence-corrected chi connectivity index (χ1v) is 16.0. The van der Waals surface area contributed by atoms with Gasteiger partial charge < -0.3 is 31.1 Å². The summed E-state index contributed by atoms with van der Waals surface area (Å²) in [4.78, 5) is 15.3. The Morgan fingerprint density at radius 1 is 0.865 bits per heavy atom. The highest BCUT2D eigenvalue weighted by molar-refractivity contribution is 5.66. The Morgan fingerprint density at radius 2 is 1.54 bits per heavy atom. The molecule has 0 amide bonds. The molecular formula is C32H55BrN2O2. The van der Waals surface area contributed by atoms with Crippen molar-refractivity contribution < 1.29 is 31.0 Å². The molecule has 6 aliphatic rings. The Morgan fingerprint density at radius 3 is 2.24 bits per heavy atom. The lowest BCUT2D eigenvalue weighted by molar-refractivity contribution is -0.940. The molecule has 212 valence electrons. The van der Waals surface area contributed by atoms with Crippen LogP contribution in [0, 0.1) is 34.5 Å². The van der Waals surface area contributed by atoms with Crippen molar-refractivity contribution in [1.82, 2.24) is 4.90 Å². The van der Waals surface area contributed by atoms with Crippen LogP contribution >= 0.6 is 0 Å². The normalized spacial score (nSPS) is 47.6. The summed E-state index contributed by atoms with van der Waals surface area (Å²) in [5.41, 5.74) is 0.684. The molecule has 2 aliphatic heterocycles. The van der Waals surface area contributed by atoms with Gasteiger partial charge in [-0.1, -0.05) is 20.3 Å². The van der Waals surface area contributed by atoms with Gasteiger partial charge in [0, 0.05) is 24.8 Å². The summed E-state index contributed by atoms with van der Waals surface area (Å²) < 4.78 is 7.51. The van der Waals surface area contributed by atoms with Crippen LogP contribution in [0.5, 0.6) is 0 Å². The molecule has 0 aromatic heterocycles. The number of carbonyl (C=O) groups is 1. The SMILES string of the molecule is CC(=O)OC1C([N+]2(C)CCCCC2)CC2C3CCC4CCC(N5CCCCC5)CC4(C)C3CCC21C.[Br-]. The van der Waals surface area contributed by atoms with Gasteiger partial charge in [0.05, 0.1) is 20.1 Å². The van der Waals surface area contributed by atoms with Gasteiger partial charge in [-0.05, 0) is 119 Å². The van der Waals surface area contributed by atoms with Gasteiger partial charge in [0.25, 0.3) is 0 Å². The smallest absolute Gasteiger partial charge is 0.303 e. The van der Waals surface area contributed by atoms with Crippen molar-refractivity contribution in [1.29, 1.82) is 0 Å². The Kier molecular flexibility index (Phi) is 8.21. The number of likely N-dealkylation sites (tertiary alicyclic amines) is 2. The van der Waals surface area contributed by atoms with E-state index in [-0.39, 0.29) is 34.5 Å². The average Bonchev–Trinajstić information content (AvgIpc) is 3.17. The van der Waals surface area contributed by atoms with E-state index in [0.717, 1.165) is 34.2 Å². The number of likely N-dealkylation sites (N-methyl/N-ethyl adjacent to an activating group) is 1. The number of fused-ring (bicyclic) bond motifs is 5. The van der Waals surface area contributed by atoms with E-state index in [9.17, 15) is 4.79 Å². The molecule has 6 rings (SSSR count). The summed E-state index contributed by atoms with van der Waals surface area (Å²) >= 11 is 0. The lowest BCUT2D eigenvalue weighted by Crippen LogP contribution is -3.00. The Bertz CT molecular complexity index is 824. The van der Waals surface area contributed by atoms with Crippen LogP contribution in [0.1, 0.15) is 111 Å². The highest BCUT2D eigenvalue weighted by Crippen LogP contribution is 2.67. The topological polar surface area (TPSA) is 29.5 Å². The fourth-order valence-electron chi connectivity index (χ4n) is 11.4. The molecule has 0 N–H and O–H groups in total. The standard InChI is InChI=1S/C32H55N2O2.BrH/c1-23(35)36-30-29(34(4)19-9-6-10-20-34)21-28-26-14-12-24-11-13-25(33-17-7-5-8-18-33)22-32(24,3)27(26)15-16-31(28,30)2;/h24-30H,5-22H2,1-4H3;1H/q+1;/p-1. The minimum atomic E-state index is -0.0510. The summed E-state index contributed by atoms with van der Waals surface area (Å²) in [7, 11) is 2.50. The van der Waals surface area contributed by atoms with Crippen molar-refractivity contribution in [3.63, 3.8) is 0 Å². The molecule has 4 nitrogen and oxygen atoms in total. The van der Waals surface area contributed by atoms with Gasteiger partial charge in [-0.15, -0.1) is 0 Å². The molecule has 6 fully saturated rings. The van der Waals surface area contributed by atoms with Gasteiger partial charge in [-0.2, -0.15) is 0 Å². The number of quaternary nitrogens is 1. The highest BCUT2D eigenvalue weighted by Gasteiger charge is 2.66. The monoisotopic (exact) mass is 578 g/mol. The molecule has 4 saturated carbocycles. The quantitative estimate of drug-likeness (QED) is 0.379. The number of rotatable bonds is 3. The van der Waals surface area contributed by atoms with Gasteiger partial charge in [-0.25, -0.2) is 0 Å². The first-order valence-electron chi connectivity index (χ1n) is 16.0. The zero-order valence-electron chi connectivity index (χ0n) is 24.4. The number of hydrogen-bond donors (Lipinski definition) is 0. The van der Waals surface area contributed by atoms with Crippen LogP contribution in [0.3, 0.4) is 0 Å². The minimum absolute atomic E-state index is 0. The van der Waals surface area contributed by atoms with E-state index in [0.29, 0.717) is 11.5 Å². The summed E-state index contributed by atoms with van der Waals surface area (Å²) in [6.45, 7) is 12.2. The van der Waals surface area contributed by atoms with Gasteiger partial charge in [0.15, 0.2) is 6.10 Å². The van der Waals surface area contributed by atoms with Gasteiger partial charge in [0.2, 0.25) is 0 Å². The van der Waals surface area contributed by atoms with E-state index in [1.165, 1.54) is 116 Å². The molecule has 5 heteroatoms. The molecule has 4 aliphatic carbocycles. The van der Waals surface area contributed by atoms with E-state index >= 15 is 0 Å². The maximum atomic E-state index is 12.4. The number of piperidine rings is 2. The van der Waals surface area contributed by atoms with E-state index < -0.39 is 0 Å². The molecule has 0 radical (unpaired) electrons. The predicted octanol–water partition coefficient (Wildman–Crippen LogP) is 3.43. The first-order chi connectivity index (χ1) is 17.2. The zero-order valence-corrected chi connectivity index (χ0v) is 25.9. The molecule has 2 heterocycles. The molecule has 0 spiro atoms. The van der Waals surface area contributed by atoms with E-state index in [4.69, 9.17) is 4.74 Å². The Hall–Kier alpha value is -0.130. The van der Waals surface area contributed by atoms with Crippen molar-refractivity contribution in [3.05, 3.63) is 0 Å². The van der Waals surface area contributed by atoms with E-state index in [1.807, 2.05) is 0 Å². The van der Waals surface area contributed by atoms with Crippen molar-refractivity contribution in [2.45, 2.75) is 129 Å². The van der Waals surface area contributed by atoms with Gasteiger partial charge in [0.1, 0.15) is 6.04 Å². The van der Waals surface area contributed by atoms with Crippen LogP contribution < -0.4 is 17.0 Å². The van der Waals surface area contributed by atoms with Crippen molar-refractivity contribution >= 4 is 5.97 Å². The number of hydrogen-bond acceptors (Lipinski definition) is 3. The number of esters is 1. The molecule has 37 heavy (non-hydrogen) atoms. The van der Waals surface area contributed by atoms with Gasteiger partial charge in [-0.3, -0.25) is 4.79 Å². The zero-order chi connectivity index (χ0) is 25.1. The maximum absolute atomic E-state index is 12.4. The third-order valence-corrected chi connectivity index (χ3v) is 13.4. The maximum Gasteiger partial charge on any atom is 0.303 e. The highest BCUT2D eigenvalue weighted by atomic mass is 79.9. The van der Waals surface area contributed by atoms with Crippen LogP contribution in [-0.2, 0) is 9.53 Å². The molecule has 0 aromatic rings. The van der Waals surface area contributed by atoms with Crippen LogP contribution in [0.2, 0.25) is 0 Å². The van der Waals surface area contributed by atoms with Crippen LogP contribution in [0.15, 0.2) is 0 Å². The average molecular weight is 580 g/mol. The Balaban J connectivity index is 0.00000280. The summed E-state index contributed by atoms with van der Waals surface area (Å²) in [6.07, 6.45) is 19.6. The summed E-state index contributed by atoms with van der Waals surface area (Å²) in [5, 5.41) is 0. The minimum Gasteiger partial charge on any atom is -1.00 e. The number of carbonyl (C=O) groups excluding carboxylic acids is 1. The molecule has 0 aromatic carbocycles. The number of ether oxygens (including phenoxy) is 1. The largest absolute Gasteiger partial charge is 1.00 e. The fourth-order valence-corrected chi connectivity index (χ4v) is 11.4. The molecular weight excluding hydrogens is 524 g/mol. The Labute approximate surface area is 238 Å². The molecule has 0 bridgehead atoms.